The first kappa shape index (κ1) is 22.4. The molecule has 0 saturated carbocycles. The summed E-state index contributed by atoms with van der Waals surface area (Å²) in [5.74, 6) is 2.40. The SMILES string of the molecule is C=Cc1ccc(OC)c(P(c2cc(C=C)ccc2OC)c2cc(C=C)ccc2OC)c1. The smallest absolute Gasteiger partial charge is 0.127 e. The molecule has 3 aromatic rings. The fraction of sp³-hybridized carbons (Fsp3) is 0.111. The topological polar surface area (TPSA) is 27.7 Å². The molecule has 4 heteroatoms. The van der Waals surface area contributed by atoms with Gasteiger partial charge in [-0.05, 0) is 61.0 Å². The quantitative estimate of drug-likeness (QED) is 0.426. The molecule has 3 aromatic carbocycles. The average molecular weight is 430 g/mol. The van der Waals surface area contributed by atoms with Crippen LogP contribution in [0.2, 0.25) is 0 Å². The molecule has 0 aliphatic rings. The predicted molar refractivity (Wildman–Crippen MR) is 135 cm³/mol. The molecule has 0 heterocycles. The second-order valence-electron chi connectivity index (χ2n) is 6.74. The first-order chi connectivity index (χ1) is 15.1. The molecule has 0 bridgehead atoms. The van der Waals surface area contributed by atoms with Gasteiger partial charge in [0, 0.05) is 15.9 Å². The molecule has 31 heavy (non-hydrogen) atoms. The van der Waals surface area contributed by atoms with Gasteiger partial charge in [0.1, 0.15) is 17.2 Å². The van der Waals surface area contributed by atoms with Crippen molar-refractivity contribution in [2.24, 2.45) is 0 Å². The van der Waals surface area contributed by atoms with Crippen LogP contribution in [-0.2, 0) is 0 Å². The summed E-state index contributed by atoms with van der Waals surface area (Å²) < 4.78 is 17.4. The van der Waals surface area contributed by atoms with Crippen molar-refractivity contribution >= 4 is 42.1 Å². The summed E-state index contributed by atoms with van der Waals surface area (Å²) in [6.07, 6.45) is 5.52. The van der Waals surface area contributed by atoms with Crippen molar-refractivity contribution in [1.82, 2.24) is 0 Å². The molecule has 0 amide bonds. The maximum Gasteiger partial charge on any atom is 0.127 e. The van der Waals surface area contributed by atoms with Crippen LogP contribution in [0.1, 0.15) is 16.7 Å². The molecule has 0 saturated heterocycles. The van der Waals surface area contributed by atoms with E-state index in [4.69, 9.17) is 14.2 Å². The standard InChI is InChI=1S/C27H27O3P/c1-7-19-10-13-22(28-4)25(16-19)31(26-17-20(8-2)11-14-23(26)29-5)27-18-21(9-3)12-15-24(27)30-6/h7-18H,1-3H2,4-6H3. The van der Waals surface area contributed by atoms with Crippen molar-refractivity contribution in [2.45, 2.75) is 0 Å². The Morgan fingerprint density at radius 3 is 1.06 bits per heavy atom. The molecule has 0 aliphatic heterocycles. The summed E-state index contributed by atoms with van der Waals surface area (Å²) in [7, 11) is 3.96. The maximum absolute atomic E-state index is 5.79. The number of methoxy groups -OCH3 is 3. The third kappa shape index (κ3) is 4.57. The van der Waals surface area contributed by atoms with Gasteiger partial charge in [0.25, 0.3) is 0 Å². The highest BCUT2D eigenvalue weighted by atomic mass is 31.1. The fourth-order valence-electron chi connectivity index (χ4n) is 3.42. The Hall–Kier alpha value is -3.29. The van der Waals surface area contributed by atoms with E-state index in [2.05, 4.69) is 37.9 Å². The van der Waals surface area contributed by atoms with E-state index >= 15 is 0 Å². The number of rotatable bonds is 9. The van der Waals surface area contributed by atoms with Crippen LogP contribution in [0.3, 0.4) is 0 Å². The summed E-state index contributed by atoms with van der Waals surface area (Å²) >= 11 is 0. The Bertz CT molecular complexity index is 976. The zero-order valence-electron chi connectivity index (χ0n) is 18.2. The van der Waals surface area contributed by atoms with Crippen molar-refractivity contribution < 1.29 is 14.2 Å². The Balaban J connectivity index is 2.44. The van der Waals surface area contributed by atoms with Crippen LogP contribution in [0.4, 0.5) is 0 Å². The molecule has 0 aliphatic carbocycles. The average Bonchev–Trinajstić information content (AvgIpc) is 2.83. The Morgan fingerprint density at radius 1 is 0.548 bits per heavy atom. The van der Waals surface area contributed by atoms with Crippen molar-refractivity contribution in [3.8, 4) is 17.2 Å². The third-order valence-corrected chi connectivity index (χ3v) is 7.53. The van der Waals surface area contributed by atoms with Gasteiger partial charge in [0.05, 0.1) is 21.3 Å². The summed E-state index contributed by atoms with van der Waals surface area (Å²) in [6, 6.07) is 18.3. The van der Waals surface area contributed by atoms with Gasteiger partial charge < -0.3 is 14.2 Å². The van der Waals surface area contributed by atoms with E-state index in [1.165, 1.54) is 0 Å². The summed E-state index contributed by atoms with van der Waals surface area (Å²) in [5, 5.41) is 3.15. The minimum absolute atomic E-state index is 0.800. The first-order valence-electron chi connectivity index (χ1n) is 9.81. The summed E-state index contributed by atoms with van der Waals surface area (Å²) in [6.45, 7) is 11.8. The number of hydrogen-bond donors (Lipinski definition) is 0. The monoisotopic (exact) mass is 430 g/mol. The van der Waals surface area contributed by atoms with Gasteiger partial charge in [-0.3, -0.25) is 0 Å². The van der Waals surface area contributed by atoms with Gasteiger partial charge in [-0.1, -0.05) is 56.2 Å². The van der Waals surface area contributed by atoms with Gasteiger partial charge >= 0.3 is 0 Å². The fourth-order valence-corrected chi connectivity index (χ4v) is 6.19. The van der Waals surface area contributed by atoms with Crippen LogP contribution in [0, 0.1) is 0 Å². The van der Waals surface area contributed by atoms with Crippen LogP contribution in [-0.4, -0.2) is 21.3 Å². The molecule has 0 atom stereocenters. The lowest BCUT2D eigenvalue weighted by Gasteiger charge is -2.26. The van der Waals surface area contributed by atoms with E-state index in [0.29, 0.717) is 0 Å². The minimum Gasteiger partial charge on any atom is -0.496 e. The van der Waals surface area contributed by atoms with E-state index in [0.717, 1.165) is 49.9 Å². The van der Waals surface area contributed by atoms with Gasteiger partial charge in [0.15, 0.2) is 0 Å². The lowest BCUT2D eigenvalue weighted by molar-refractivity contribution is 0.416. The van der Waals surface area contributed by atoms with Crippen LogP contribution < -0.4 is 30.1 Å². The maximum atomic E-state index is 5.79. The van der Waals surface area contributed by atoms with Gasteiger partial charge in [0.2, 0.25) is 0 Å². The molecule has 0 aromatic heterocycles. The lowest BCUT2D eigenvalue weighted by Crippen LogP contribution is -2.25. The van der Waals surface area contributed by atoms with Gasteiger partial charge in [-0.25, -0.2) is 0 Å². The van der Waals surface area contributed by atoms with Crippen molar-refractivity contribution in [2.75, 3.05) is 21.3 Å². The third-order valence-electron chi connectivity index (χ3n) is 5.04. The van der Waals surface area contributed by atoms with Gasteiger partial charge in [-0.15, -0.1) is 0 Å². The molecule has 3 rings (SSSR count). The summed E-state index contributed by atoms with van der Waals surface area (Å²) in [5.41, 5.74) is 3.04. The zero-order valence-corrected chi connectivity index (χ0v) is 19.1. The Labute approximate surface area is 186 Å². The minimum atomic E-state index is -1.11. The molecule has 3 nitrogen and oxygen atoms in total. The molecule has 0 unspecified atom stereocenters. The number of hydrogen-bond acceptors (Lipinski definition) is 3. The van der Waals surface area contributed by atoms with E-state index < -0.39 is 7.92 Å². The molecule has 0 radical (unpaired) electrons. The molecule has 0 fully saturated rings. The Kier molecular flexibility index (Phi) is 7.33. The Morgan fingerprint density at radius 2 is 0.839 bits per heavy atom. The highest BCUT2D eigenvalue weighted by Gasteiger charge is 2.27. The van der Waals surface area contributed by atoms with Crippen LogP contribution in [0.5, 0.6) is 17.2 Å². The highest BCUT2D eigenvalue weighted by molar-refractivity contribution is 7.80. The summed E-state index contributed by atoms with van der Waals surface area (Å²) in [4.78, 5) is 0. The second-order valence-corrected chi connectivity index (χ2v) is 8.86. The van der Waals surface area contributed by atoms with E-state index in [1.54, 1.807) is 21.3 Å². The highest BCUT2D eigenvalue weighted by Crippen LogP contribution is 2.43. The molecular weight excluding hydrogens is 403 g/mol. The zero-order chi connectivity index (χ0) is 22.4. The van der Waals surface area contributed by atoms with Crippen molar-refractivity contribution in [3.63, 3.8) is 0 Å². The van der Waals surface area contributed by atoms with Crippen LogP contribution >= 0.6 is 7.92 Å². The molecule has 158 valence electrons. The van der Waals surface area contributed by atoms with Crippen molar-refractivity contribution in [1.29, 1.82) is 0 Å². The van der Waals surface area contributed by atoms with Crippen molar-refractivity contribution in [3.05, 3.63) is 91.0 Å². The molecule has 0 spiro atoms. The van der Waals surface area contributed by atoms with Crippen LogP contribution in [0.15, 0.2) is 74.3 Å². The van der Waals surface area contributed by atoms with E-state index in [-0.39, 0.29) is 0 Å². The predicted octanol–water partition coefficient (Wildman–Crippen LogP) is 5.40. The normalized spacial score (nSPS) is 10.5. The van der Waals surface area contributed by atoms with Crippen LogP contribution in [0.25, 0.3) is 18.2 Å². The number of ether oxygens (including phenoxy) is 3. The lowest BCUT2D eigenvalue weighted by atomic mass is 10.2. The largest absolute Gasteiger partial charge is 0.496 e. The van der Waals surface area contributed by atoms with E-state index in [1.807, 2.05) is 54.6 Å². The number of benzene rings is 3. The first-order valence-corrected chi connectivity index (χ1v) is 11.2. The second kappa shape index (κ2) is 10.1. The molecule has 0 N–H and O–H groups in total. The molecular formula is C27H27O3P. The van der Waals surface area contributed by atoms with Gasteiger partial charge in [-0.2, -0.15) is 0 Å². The van der Waals surface area contributed by atoms with E-state index in [9.17, 15) is 0 Å².